The largest absolute Gasteiger partial charge is 0.308 e. The first-order valence-corrected chi connectivity index (χ1v) is 8.34. The first-order chi connectivity index (χ1) is 10.6. The molecule has 1 aromatic rings. The molecule has 1 N–H and O–H groups in total. The van der Waals surface area contributed by atoms with Gasteiger partial charge in [0.05, 0.1) is 5.69 Å². The second-order valence-electron chi connectivity index (χ2n) is 6.84. The molecule has 2 fully saturated rings. The van der Waals surface area contributed by atoms with Crippen molar-refractivity contribution in [2.45, 2.75) is 51.9 Å². The number of hydrogen-bond donors (Lipinski definition) is 1. The minimum atomic E-state index is 0.0293. The summed E-state index contributed by atoms with van der Waals surface area (Å²) < 4.78 is 1.64. The Hall–Kier alpha value is -1.83. The van der Waals surface area contributed by atoms with Crippen LogP contribution in [0.15, 0.2) is 0 Å². The highest BCUT2D eigenvalue weighted by Gasteiger charge is 2.33. The summed E-state index contributed by atoms with van der Waals surface area (Å²) in [5.41, 5.74) is 1.26. The predicted molar refractivity (Wildman–Crippen MR) is 84.1 cm³/mol. The summed E-state index contributed by atoms with van der Waals surface area (Å²) in [6.45, 7) is 1.84. The molecule has 0 aliphatic heterocycles. The molecule has 0 atom stereocenters. The molecule has 5 heteroatoms. The number of aryl methyl sites for hydroxylation is 1. The van der Waals surface area contributed by atoms with Gasteiger partial charge in [0.25, 0.3) is 0 Å². The van der Waals surface area contributed by atoms with Crippen molar-refractivity contribution in [3.8, 4) is 6.07 Å². The summed E-state index contributed by atoms with van der Waals surface area (Å²) in [6, 6.07) is 2.13. The molecule has 0 aromatic carbocycles. The summed E-state index contributed by atoms with van der Waals surface area (Å²) in [6.07, 6.45) is 8.47. The maximum absolute atomic E-state index is 12.4. The van der Waals surface area contributed by atoms with Gasteiger partial charge < -0.3 is 5.32 Å². The van der Waals surface area contributed by atoms with Crippen molar-refractivity contribution in [2.24, 2.45) is 24.8 Å². The lowest BCUT2D eigenvalue weighted by molar-refractivity contribution is -0.121. The second-order valence-corrected chi connectivity index (χ2v) is 6.84. The van der Waals surface area contributed by atoms with E-state index in [0.717, 1.165) is 30.4 Å². The van der Waals surface area contributed by atoms with Gasteiger partial charge in [-0.2, -0.15) is 10.4 Å². The molecule has 0 unspecified atom stereocenters. The number of carbonyl (C=O) groups is 1. The molecule has 2 saturated carbocycles. The van der Waals surface area contributed by atoms with Crippen molar-refractivity contribution in [1.29, 1.82) is 5.26 Å². The third-order valence-electron chi connectivity index (χ3n) is 5.65. The minimum absolute atomic E-state index is 0.0293. The van der Waals surface area contributed by atoms with E-state index < -0.39 is 0 Å². The van der Waals surface area contributed by atoms with Gasteiger partial charge in [0.2, 0.25) is 5.91 Å². The lowest BCUT2D eigenvalue weighted by atomic mass is 9.68. The van der Waals surface area contributed by atoms with Gasteiger partial charge in [-0.15, -0.1) is 0 Å². The predicted octanol–water partition coefficient (Wildman–Crippen LogP) is 3.15. The molecule has 1 amide bonds. The van der Waals surface area contributed by atoms with Crippen molar-refractivity contribution in [3.63, 3.8) is 0 Å². The molecule has 5 nitrogen and oxygen atoms in total. The Bertz CT molecular complexity index is 601. The quantitative estimate of drug-likeness (QED) is 0.932. The molecule has 0 bridgehead atoms. The van der Waals surface area contributed by atoms with E-state index in [9.17, 15) is 10.1 Å². The normalized spacial score (nSPS) is 25.3. The van der Waals surface area contributed by atoms with Gasteiger partial charge in [0.1, 0.15) is 11.6 Å². The highest BCUT2D eigenvalue weighted by atomic mass is 16.2. The second kappa shape index (κ2) is 6.12. The number of rotatable bonds is 3. The summed E-state index contributed by atoms with van der Waals surface area (Å²) >= 11 is 0. The molecule has 0 spiro atoms. The standard InChI is InChI=1S/C17H24N4O/c1-11-15(10-18)16(20-21(11)2)19-17(22)14-8-6-13(7-9-14)12-4-3-5-12/h12-14H,3-9H2,1-2H3,(H,19,20,22). The van der Waals surface area contributed by atoms with Crippen LogP contribution in [0.3, 0.4) is 0 Å². The molecule has 22 heavy (non-hydrogen) atoms. The molecule has 3 rings (SSSR count). The van der Waals surface area contributed by atoms with Crippen LogP contribution in [0.25, 0.3) is 0 Å². The number of nitriles is 1. The Morgan fingerprint density at radius 1 is 1.23 bits per heavy atom. The fourth-order valence-electron chi connectivity index (χ4n) is 3.81. The van der Waals surface area contributed by atoms with Crippen molar-refractivity contribution >= 4 is 11.7 Å². The zero-order chi connectivity index (χ0) is 15.7. The third kappa shape index (κ3) is 2.75. The number of hydrogen-bond acceptors (Lipinski definition) is 3. The van der Waals surface area contributed by atoms with E-state index >= 15 is 0 Å². The molecular formula is C17H24N4O. The van der Waals surface area contributed by atoms with E-state index in [1.54, 1.807) is 11.7 Å². The highest BCUT2D eigenvalue weighted by Crippen LogP contribution is 2.42. The molecule has 0 saturated heterocycles. The minimum Gasteiger partial charge on any atom is -0.308 e. The van der Waals surface area contributed by atoms with Gasteiger partial charge in [-0.25, -0.2) is 0 Å². The van der Waals surface area contributed by atoms with E-state index in [4.69, 9.17) is 0 Å². The van der Waals surface area contributed by atoms with Crippen LogP contribution < -0.4 is 5.32 Å². The van der Waals surface area contributed by atoms with Crippen molar-refractivity contribution < 1.29 is 4.79 Å². The summed E-state index contributed by atoms with van der Waals surface area (Å²) in [7, 11) is 1.79. The lowest BCUT2D eigenvalue weighted by Crippen LogP contribution is -2.31. The summed E-state index contributed by atoms with van der Waals surface area (Å²) in [4.78, 5) is 12.4. The Morgan fingerprint density at radius 3 is 2.41 bits per heavy atom. The van der Waals surface area contributed by atoms with Gasteiger partial charge in [-0.05, 0) is 44.4 Å². The van der Waals surface area contributed by atoms with Crippen LogP contribution in [0.4, 0.5) is 5.82 Å². The van der Waals surface area contributed by atoms with E-state index in [-0.39, 0.29) is 11.8 Å². The Kier molecular flexibility index (Phi) is 4.19. The van der Waals surface area contributed by atoms with Crippen LogP contribution in [-0.2, 0) is 11.8 Å². The van der Waals surface area contributed by atoms with Gasteiger partial charge in [-0.3, -0.25) is 9.48 Å². The summed E-state index contributed by atoms with van der Waals surface area (Å²) in [5, 5.41) is 16.3. The maximum atomic E-state index is 12.4. The smallest absolute Gasteiger partial charge is 0.228 e. The number of carbonyl (C=O) groups excluding carboxylic acids is 1. The van der Waals surface area contributed by atoms with E-state index in [2.05, 4.69) is 16.5 Å². The Labute approximate surface area is 131 Å². The number of amides is 1. The first-order valence-electron chi connectivity index (χ1n) is 8.34. The molecule has 2 aliphatic carbocycles. The van der Waals surface area contributed by atoms with Crippen LogP contribution in [0.5, 0.6) is 0 Å². The topological polar surface area (TPSA) is 70.7 Å². The molecule has 1 heterocycles. The van der Waals surface area contributed by atoms with Crippen molar-refractivity contribution in [1.82, 2.24) is 9.78 Å². The van der Waals surface area contributed by atoms with E-state index in [1.807, 2.05) is 6.92 Å². The fraction of sp³-hybridized carbons (Fsp3) is 0.706. The number of anilines is 1. The number of nitrogens with one attached hydrogen (secondary N) is 1. The maximum Gasteiger partial charge on any atom is 0.228 e. The summed E-state index contributed by atoms with van der Waals surface area (Å²) in [5.74, 6) is 2.28. The zero-order valence-corrected chi connectivity index (χ0v) is 13.4. The first kappa shape index (κ1) is 15.1. The van der Waals surface area contributed by atoms with Crippen LogP contribution in [0.2, 0.25) is 0 Å². The van der Waals surface area contributed by atoms with Gasteiger partial charge in [-0.1, -0.05) is 19.3 Å². The highest BCUT2D eigenvalue weighted by molar-refractivity contribution is 5.93. The van der Waals surface area contributed by atoms with Gasteiger partial charge >= 0.3 is 0 Å². The Morgan fingerprint density at radius 2 is 1.86 bits per heavy atom. The van der Waals surface area contributed by atoms with Crippen LogP contribution in [-0.4, -0.2) is 15.7 Å². The lowest BCUT2D eigenvalue weighted by Gasteiger charge is -2.38. The monoisotopic (exact) mass is 300 g/mol. The van der Waals surface area contributed by atoms with E-state index in [1.165, 1.54) is 32.1 Å². The molecule has 0 radical (unpaired) electrons. The molecule has 2 aliphatic rings. The van der Waals surface area contributed by atoms with Crippen LogP contribution in [0.1, 0.15) is 56.2 Å². The average molecular weight is 300 g/mol. The number of aromatic nitrogens is 2. The van der Waals surface area contributed by atoms with Gasteiger partial charge in [0, 0.05) is 13.0 Å². The average Bonchev–Trinajstić information content (AvgIpc) is 2.72. The third-order valence-corrected chi connectivity index (χ3v) is 5.65. The Balaban J connectivity index is 1.59. The van der Waals surface area contributed by atoms with Crippen molar-refractivity contribution in [3.05, 3.63) is 11.3 Å². The van der Waals surface area contributed by atoms with Crippen LogP contribution in [0, 0.1) is 36.0 Å². The SMILES string of the molecule is Cc1c(C#N)c(NC(=O)C2CCC(C3CCC3)CC2)nn1C. The fourth-order valence-corrected chi connectivity index (χ4v) is 3.81. The van der Waals surface area contributed by atoms with Gasteiger partial charge in [0.15, 0.2) is 5.82 Å². The van der Waals surface area contributed by atoms with Crippen LogP contribution >= 0.6 is 0 Å². The molecule has 118 valence electrons. The molecular weight excluding hydrogens is 276 g/mol. The molecule has 1 aromatic heterocycles. The van der Waals surface area contributed by atoms with Crippen molar-refractivity contribution in [2.75, 3.05) is 5.32 Å². The van der Waals surface area contributed by atoms with E-state index in [0.29, 0.717) is 11.4 Å². The number of nitrogens with zero attached hydrogens (tertiary/aromatic N) is 3. The zero-order valence-electron chi connectivity index (χ0n) is 13.4.